The topological polar surface area (TPSA) is 49.6 Å². The molecule has 1 aromatic carbocycles. The van der Waals surface area contributed by atoms with E-state index in [4.69, 9.17) is 5.73 Å². The minimum atomic E-state index is 0.104. The lowest BCUT2D eigenvalue weighted by Crippen LogP contribution is -2.57. The average molecular weight is 247 g/mol. The molecule has 1 fully saturated rings. The largest absolute Gasteiger partial charge is 0.360 e. The van der Waals surface area contributed by atoms with Gasteiger partial charge in [0.05, 0.1) is 12.6 Å². The number of hydrogen-bond donors (Lipinski definition) is 1. The molecule has 0 radical (unpaired) electrons. The van der Waals surface area contributed by atoms with E-state index in [2.05, 4.69) is 36.9 Å². The maximum atomic E-state index is 11.9. The van der Waals surface area contributed by atoms with E-state index >= 15 is 0 Å². The smallest absolute Gasteiger partial charge is 0.242 e. The third-order valence-electron chi connectivity index (χ3n) is 3.54. The number of carbonyl (C=O) groups is 1. The highest BCUT2D eigenvalue weighted by atomic mass is 16.2. The number of piperazine rings is 1. The lowest BCUT2D eigenvalue weighted by atomic mass is 10.1. The number of rotatable bonds is 2. The second-order valence-corrected chi connectivity index (χ2v) is 5.12. The first-order chi connectivity index (χ1) is 8.51. The molecule has 1 aromatic rings. The molecule has 4 heteroatoms. The Bertz CT molecular complexity index is 438. The van der Waals surface area contributed by atoms with Crippen LogP contribution in [0, 0.1) is 13.8 Å². The van der Waals surface area contributed by atoms with Crippen molar-refractivity contribution in [2.24, 2.45) is 5.73 Å². The molecular formula is C14H21N3O. The summed E-state index contributed by atoms with van der Waals surface area (Å²) in [6, 6.07) is 6.49. The maximum absolute atomic E-state index is 11.9. The van der Waals surface area contributed by atoms with Crippen LogP contribution in [0.25, 0.3) is 0 Å². The SMILES string of the molecule is Cc1cc(C)cc(N2CC(=O)N(C)C(CN)C2)c1. The normalized spacial score (nSPS) is 20.4. The van der Waals surface area contributed by atoms with Gasteiger partial charge in [0, 0.05) is 25.8 Å². The summed E-state index contributed by atoms with van der Waals surface area (Å²) >= 11 is 0. The maximum Gasteiger partial charge on any atom is 0.242 e. The Labute approximate surface area is 108 Å². The Hall–Kier alpha value is -1.55. The number of benzene rings is 1. The number of likely N-dealkylation sites (N-methyl/N-ethyl adjacent to an activating group) is 1. The summed E-state index contributed by atoms with van der Waals surface area (Å²) in [5.41, 5.74) is 9.30. The van der Waals surface area contributed by atoms with Gasteiger partial charge in [-0.15, -0.1) is 0 Å². The van der Waals surface area contributed by atoms with Crippen LogP contribution in [0.1, 0.15) is 11.1 Å². The molecule has 4 nitrogen and oxygen atoms in total. The first-order valence-electron chi connectivity index (χ1n) is 6.30. The van der Waals surface area contributed by atoms with E-state index in [0.29, 0.717) is 13.1 Å². The molecule has 1 atom stereocenters. The van der Waals surface area contributed by atoms with Gasteiger partial charge in [0.2, 0.25) is 5.91 Å². The van der Waals surface area contributed by atoms with E-state index in [1.807, 2.05) is 7.05 Å². The quantitative estimate of drug-likeness (QED) is 0.845. The molecule has 98 valence electrons. The van der Waals surface area contributed by atoms with Crippen LogP contribution in [0.2, 0.25) is 0 Å². The molecule has 2 N–H and O–H groups in total. The van der Waals surface area contributed by atoms with Gasteiger partial charge >= 0.3 is 0 Å². The van der Waals surface area contributed by atoms with Crippen molar-refractivity contribution < 1.29 is 4.79 Å². The molecule has 1 aliphatic rings. The van der Waals surface area contributed by atoms with Crippen LogP contribution in [0.15, 0.2) is 18.2 Å². The van der Waals surface area contributed by atoms with Crippen LogP contribution in [0.4, 0.5) is 5.69 Å². The molecule has 1 heterocycles. The van der Waals surface area contributed by atoms with Gasteiger partial charge in [0.25, 0.3) is 0 Å². The second-order valence-electron chi connectivity index (χ2n) is 5.12. The first-order valence-corrected chi connectivity index (χ1v) is 6.30. The van der Waals surface area contributed by atoms with Gasteiger partial charge in [-0.3, -0.25) is 4.79 Å². The molecule has 1 amide bonds. The van der Waals surface area contributed by atoms with Crippen molar-refractivity contribution in [3.8, 4) is 0 Å². The molecular weight excluding hydrogens is 226 g/mol. The van der Waals surface area contributed by atoms with E-state index in [9.17, 15) is 4.79 Å². The van der Waals surface area contributed by atoms with Crippen molar-refractivity contribution in [2.45, 2.75) is 19.9 Å². The van der Waals surface area contributed by atoms with Gasteiger partial charge in [-0.2, -0.15) is 0 Å². The zero-order valence-corrected chi connectivity index (χ0v) is 11.3. The van der Waals surface area contributed by atoms with Gasteiger partial charge in [0.15, 0.2) is 0 Å². The van der Waals surface area contributed by atoms with E-state index in [1.165, 1.54) is 11.1 Å². The van der Waals surface area contributed by atoms with Crippen LogP contribution in [-0.4, -0.2) is 43.5 Å². The van der Waals surface area contributed by atoms with Crippen LogP contribution >= 0.6 is 0 Å². The molecule has 2 rings (SSSR count). The minimum Gasteiger partial charge on any atom is -0.360 e. The number of nitrogens with zero attached hydrogens (tertiary/aromatic N) is 2. The van der Waals surface area contributed by atoms with E-state index in [1.54, 1.807) is 4.90 Å². The number of anilines is 1. The number of carbonyl (C=O) groups excluding carboxylic acids is 1. The van der Waals surface area contributed by atoms with Crippen LogP contribution in [0.5, 0.6) is 0 Å². The zero-order valence-electron chi connectivity index (χ0n) is 11.3. The summed E-state index contributed by atoms with van der Waals surface area (Å²) < 4.78 is 0. The van der Waals surface area contributed by atoms with E-state index < -0.39 is 0 Å². The average Bonchev–Trinajstić information content (AvgIpc) is 2.31. The summed E-state index contributed by atoms with van der Waals surface area (Å²) in [7, 11) is 1.83. The predicted octanol–water partition coefficient (Wildman–Crippen LogP) is 0.909. The number of hydrogen-bond acceptors (Lipinski definition) is 3. The Morgan fingerprint density at radius 2 is 1.89 bits per heavy atom. The summed E-state index contributed by atoms with van der Waals surface area (Å²) in [6.07, 6.45) is 0. The Balaban J connectivity index is 2.25. The Morgan fingerprint density at radius 3 is 2.44 bits per heavy atom. The Kier molecular flexibility index (Phi) is 3.57. The summed E-state index contributed by atoms with van der Waals surface area (Å²) in [6.45, 7) is 5.91. The molecule has 1 saturated heterocycles. The van der Waals surface area contributed by atoms with Crippen molar-refractivity contribution in [2.75, 3.05) is 31.6 Å². The summed E-state index contributed by atoms with van der Waals surface area (Å²) in [5.74, 6) is 0.135. The summed E-state index contributed by atoms with van der Waals surface area (Å²) in [4.78, 5) is 15.8. The van der Waals surface area contributed by atoms with Gasteiger partial charge in [0.1, 0.15) is 0 Å². The van der Waals surface area contributed by atoms with Crippen molar-refractivity contribution in [3.63, 3.8) is 0 Å². The Morgan fingerprint density at radius 1 is 1.28 bits per heavy atom. The van der Waals surface area contributed by atoms with Crippen molar-refractivity contribution in [1.82, 2.24) is 4.90 Å². The van der Waals surface area contributed by atoms with Gasteiger partial charge < -0.3 is 15.5 Å². The number of nitrogens with two attached hydrogens (primary N) is 1. The second kappa shape index (κ2) is 4.98. The van der Waals surface area contributed by atoms with Gasteiger partial charge in [-0.25, -0.2) is 0 Å². The van der Waals surface area contributed by atoms with Crippen molar-refractivity contribution in [1.29, 1.82) is 0 Å². The molecule has 0 saturated carbocycles. The van der Waals surface area contributed by atoms with Gasteiger partial charge in [-0.1, -0.05) is 6.07 Å². The summed E-state index contributed by atoms with van der Waals surface area (Å²) in [5, 5.41) is 0. The van der Waals surface area contributed by atoms with E-state index in [0.717, 1.165) is 12.2 Å². The fourth-order valence-corrected chi connectivity index (χ4v) is 2.48. The van der Waals surface area contributed by atoms with Crippen LogP contribution < -0.4 is 10.6 Å². The molecule has 0 bridgehead atoms. The monoisotopic (exact) mass is 247 g/mol. The molecule has 0 aromatic heterocycles. The first kappa shape index (κ1) is 12.9. The minimum absolute atomic E-state index is 0.104. The van der Waals surface area contributed by atoms with Gasteiger partial charge in [-0.05, 0) is 37.1 Å². The van der Waals surface area contributed by atoms with Crippen molar-refractivity contribution >= 4 is 11.6 Å². The molecule has 1 unspecified atom stereocenters. The highest BCUT2D eigenvalue weighted by molar-refractivity contribution is 5.83. The highest BCUT2D eigenvalue weighted by Gasteiger charge is 2.29. The molecule has 0 spiro atoms. The predicted molar refractivity (Wildman–Crippen MR) is 73.7 cm³/mol. The standard InChI is InChI=1S/C14H21N3O/c1-10-4-11(2)6-12(5-10)17-8-13(7-15)16(3)14(18)9-17/h4-6,13H,7-9,15H2,1-3H3. The molecule has 0 aliphatic carbocycles. The fourth-order valence-electron chi connectivity index (χ4n) is 2.48. The number of amides is 1. The fraction of sp³-hybridized carbons (Fsp3) is 0.500. The van der Waals surface area contributed by atoms with Crippen LogP contribution in [0.3, 0.4) is 0 Å². The lowest BCUT2D eigenvalue weighted by molar-refractivity contribution is -0.131. The van der Waals surface area contributed by atoms with E-state index in [-0.39, 0.29) is 11.9 Å². The van der Waals surface area contributed by atoms with Crippen LogP contribution in [-0.2, 0) is 4.79 Å². The zero-order chi connectivity index (χ0) is 13.3. The number of aryl methyl sites for hydroxylation is 2. The third kappa shape index (κ3) is 2.48. The highest BCUT2D eigenvalue weighted by Crippen LogP contribution is 2.21. The molecule has 18 heavy (non-hydrogen) atoms. The van der Waals surface area contributed by atoms with Crippen molar-refractivity contribution in [3.05, 3.63) is 29.3 Å². The third-order valence-corrected chi connectivity index (χ3v) is 3.54. The lowest BCUT2D eigenvalue weighted by Gasteiger charge is -2.39. The molecule has 1 aliphatic heterocycles.